The van der Waals surface area contributed by atoms with Crippen molar-refractivity contribution in [2.24, 2.45) is 5.41 Å². The van der Waals surface area contributed by atoms with E-state index in [-0.39, 0.29) is 39.8 Å². The average molecular weight is 589 g/mol. The molecule has 9 nitrogen and oxygen atoms in total. The van der Waals surface area contributed by atoms with Crippen LogP contribution in [0, 0.1) is 11.2 Å². The van der Waals surface area contributed by atoms with Crippen molar-refractivity contribution in [3.63, 3.8) is 0 Å². The lowest BCUT2D eigenvalue weighted by Crippen LogP contribution is -2.68. The summed E-state index contributed by atoms with van der Waals surface area (Å²) in [7, 11) is 0. The summed E-state index contributed by atoms with van der Waals surface area (Å²) in [6.07, 6.45) is 7.40. The van der Waals surface area contributed by atoms with E-state index in [9.17, 15) is 4.79 Å². The van der Waals surface area contributed by atoms with Gasteiger partial charge in [-0.3, -0.25) is 9.80 Å². The Hall–Kier alpha value is -2.46. The lowest BCUT2D eigenvalue weighted by molar-refractivity contribution is -0.0368. The molecule has 0 aliphatic carbocycles. The summed E-state index contributed by atoms with van der Waals surface area (Å²) in [5.74, 6) is -0.121. The monoisotopic (exact) mass is 588 g/mol. The molecule has 2 atom stereocenters. The Morgan fingerprint density at radius 2 is 1.83 bits per heavy atom. The summed E-state index contributed by atoms with van der Waals surface area (Å²) in [6, 6.07) is 0.0651. The number of rotatable bonds is 4. The summed E-state index contributed by atoms with van der Waals surface area (Å²) in [5.41, 5.74) is -1.27. The van der Waals surface area contributed by atoms with Gasteiger partial charge in [-0.1, -0.05) is 32.4 Å². The standard InChI is InChI=1S/C30H42ClFN6O3/c1-27(2,3)30-12-9-19(38(30)26(39)41-28(4,5)6)16-36(17-30)24-20-15-33-23(31)21(32)22(20)34-25(35-24)40-18-29-10-7-13-37(29)14-8-11-29/h15,19H,7-14,16-18H2,1-6H3/t19-,30-/m0/s1. The average Bonchev–Trinajstić information content (AvgIpc) is 3.53. The molecule has 1 amide bonds. The van der Waals surface area contributed by atoms with E-state index in [0.29, 0.717) is 30.9 Å². The van der Waals surface area contributed by atoms with Crippen molar-refractivity contribution < 1.29 is 18.7 Å². The van der Waals surface area contributed by atoms with E-state index in [2.05, 4.69) is 40.5 Å². The van der Waals surface area contributed by atoms with Crippen LogP contribution >= 0.6 is 11.6 Å². The molecule has 2 bridgehead atoms. The van der Waals surface area contributed by atoms with Gasteiger partial charge in [-0.05, 0) is 77.8 Å². The van der Waals surface area contributed by atoms with Crippen LogP contribution in [-0.4, -0.2) is 86.4 Å². The van der Waals surface area contributed by atoms with E-state index in [4.69, 9.17) is 26.1 Å². The van der Waals surface area contributed by atoms with Crippen LogP contribution in [0.25, 0.3) is 10.9 Å². The summed E-state index contributed by atoms with van der Waals surface area (Å²) in [4.78, 5) is 33.7. The van der Waals surface area contributed by atoms with Gasteiger partial charge in [0.1, 0.15) is 23.5 Å². The number of pyridine rings is 1. The highest BCUT2D eigenvalue weighted by Crippen LogP contribution is 2.51. The fourth-order valence-corrected chi connectivity index (χ4v) is 7.84. The third-order valence-corrected chi connectivity index (χ3v) is 10.0. The van der Waals surface area contributed by atoms with Crippen LogP contribution in [0.1, 0.15) is 80.1 Å². The van der Waals surface area contributed by atoms with Crippen molar-refractivity contribution in [1.82, 2.24) is 24.8 Å². The molecule has 4 aliphatic heterocycles. The smallest absolute Gasteiger partial charge is 0.411 e. The maximum Gasteiger partial charge on any atom is 0.411 e. The van der Waals surface area contributed by atoms with E-state index in [1.165, 1.54) is 0 Å². The molecule has 6 heterocycles. The highest BCUT2D eigenvalue weighted by molar-refractivity contribution is 6.30. The summed E-state index contributed by atoms with van der Waals surface area (Å²) in [5, 5.41) is 0.250. The van der Waals surface area contributed by atoms with E-state index in [1.807, 2.05) is 25.7 Å². The zero-order chi connectivity index (χ0) is 29.4. The number of hydrogen-bond acceptors (Lipinski definition) is 8. The second-order valence-electron chi connectivity index (χ2n) is 14.4. The van der Waals surface area contributed by atoms with Crippen molar-refractivity contribution in [1.29, 1.82) is 0 Å². The van der Waals surface area contributed by atoms with Crippen LogP contribution in [0.15, 0.2) is 6.20 Å². The summed E-state index contributed by atoms with van der Waals surface area (Å²) >= 11 is 6.11. The summed E-state index contributed by atoms with van der Waals surface area (Å²) in [6.45, 7) is 15.9. The molecule has 4 fully saturated rings. The maximum atomic E-state index is 15.4. The van der Waals surface area contributed by atoms with Crippen LogP contribution in [-0.2, 0) is 4.74 Å². The number of carbonyl (C=O) groups excluding carboxylic acids is 1. The van der Waals surface area contributed by atoms with Crippen LogP contribution in [0.2, 0.25) is 5.15 Å². The number of halogens is 2. The lowest BCUT2D eigenvalue weighted by Gasteiger charge is -2.55. The van der Waals surface area contributed by atoms with Gasteiger partial charge in [0.2, 0.25) is 0 Å². The molecule has 0 spiro atoms. The second kappa shape index (κ2) is 9.79. The van der Waals surface area contributed by atoms with E-state index in [0.717, 1.165) is 51.6 Å². The van der Waals surface area contributed by atoms with Crippen LogP contribution in [0.3, 0.4) is 0 Å². The Balaban J connectivity index is 1.38. The molecule has 224 valence electrons. The number of anilines is 1. The first-order chi connectivity index (χ1) is 19.2. The van der Waals surface area contributed by atoms with Crippen molar-refractivity contribution in [2.75, 3.05) is 37.7 Å². The molecule has 0 saturated carbocycles. The van der Waals surface area contributed by atoms with E-state index >= 15 is 4.39 Å². The Kier molecular flexibility index (Phi) is 6.84. The minimum Gasteiger partial charge on any atom is -0.461 e. The minimum absolute atomic E-state index is 0.00135. The Morgan fingerprint density at radius 3 is 2.49 bits per heavy atom. The second-order valence-corrected chi connectivity index (χ2v) is 14.7. The van der Waals surface area contributed by atoms with Gasteiger partial charge in [-0.15, -0.1) is 0 Å². The number of fused-ring (bicyclic) bond motifs is 4. The third kappa shape index (κ3) is 4.79. The number of aromatic nitrogens is 3. The zero-order valence-electron chi connectivity index (χ0n) is 25.1. The number of ether oxygens (including phenoxy) is 2. The zero-order valence-corrected chi connectivity index (χ0v) is 25.9. The van der Waals surface area contributed by atoms with E-state index in [1.54, 1.807) is 6.20 Å². The van der Waals surface area contributed by atoms with Crippen molar-refractivity contribution in [2.45, 2.75) is 103 Å². The quantitative estimate of drug-likeness (QED) is 0.413. The van der Waals surface area contributed by atoms with Crippen LogP contribution in [0.5, 0.6) is 6.01 Å². The number of hydrogen-bond donors (Lipinski definition) is 0. The van der Waals surface area contributed by atoms with Crippen molar-refractivity contribution in [3.05, 3.63) is 17.2 Å². The summed E-state index contributed by atoms with van der Waals surface area (Å²) < 4.78 is 27.6. The highest BCUT2D eigenvalue weighted by atomic mass is 35.5. The predicted molar refractivity (Wildman–Crippen MR) is 156 cm³/mol. The molecule has 2 aromatic heterocycles. The Labute approximate surface area is 246 Å². The molecule has 41 heavy (non-hydrogen) atoms. The maximum absolute atomic E-state index is 15.4. The van der Waals surface area contributed by atoms with Crippen LogP contribution in [0.4, 0.5) is 15.0 Å². The molecule has 2 aromatic rings. The molecule has 6 rings (SSSR count). The fraction of sp³-hybridized carbons (Fsp3) is 0.733. The van der Waals surface area contributed by atoms with Crippen molar-refractivity contribution >= 4 is 34.4 Å². The van der Waals surface area contributed by atoms with E-state index < -0.39 is 17.0 Å². The third-order valence-electron chi connectivity index (χ3n) is 9.77. The lowest BCUT2D eigenvalue weighted by atomic mass is 9.71. The largest absolute Gasteiger partial charge is 0.461 e. The first-order valence-corrected chi connectivity index (χ1v) is 15.3. The van der Waals surface area contributed by atoms with Gasteiger partial charge in [0.25, 0.3) is 0 Å². The van der Waals surface area contributed by atoms with Gasteiger partial charge >= 0.3 is 12.1 Å². The predicted octanol–water partition coefficient (Wildman–Crippen LogP) is 5.83. The topological polar surface area (TPSA) is 83.9 Å². The fourth-order valence-electron chi connectivity index (χ4n) is 7.70. The van der Waals surface area contributed by atoms with Gasteiger partial charge in [-0.25, -0.2) is 14.2 Å². The normalized spacial score (nSPS) is 26.1. The SMILES string of the molecule is CC(C)(C)OC(=O)N1[C@H]2CC[C@@]1(C(C)(C)C)CN(c1nc(OCC34CCCN3CCC4)nc3c(F)c(Cl)ncc13)C2. The molecule has 0 aromatic carbocycles. The molecule has 4 aliphatic rings. The van der Waals surface area contributed by atoms with Crippen molar-refractivity contribution in [3.8, 4) is 6.01 Å². The number of carbonyl (C=O) groups is 1. The highest BCUT2D eigenvalue weighted by Gasteiger charge is 2.60. The van der Waals surface area contributed by atoms with Gasteiger partial charge in [0, 0.05) is 19.3 Å². The first-order valence-electron chi connectivity index (χ1n) is 14.9. The minimum atomic E-state index is -0.680. The number of nitrogens with zero attached hydrogens (tertiary/aromatic N) is 6. The Morgan fingerprint density at radius 1 is 1.12 bits per heavy atom. The molecule has 0 N–H and O–H groups in total. The molecule has 11 heteroatoms. The molecular weight excluding hydrogens is 547 g/mol. The number of piperazine rings is 1. The molecular formula is C30H42ClFN6O3. The van der Waals surface area contributed by atoms with Gasteiger partial charge in [-0.2, -0.15) is 9.97 Å². The molecule has 0 unspecified atom stereocenters. The molecule has 4 saturated heterocycles. The van der Waals surface area contributed by atoms with Gasteiger partial charge in [0.15, 0.2) is 11.0 Å². The number of amides is 1. The van der Waals surface area contributed by atoms with Gasteiger partial charge < -0.3 is 14.4 Å². The van der Waals surface area contributed by atoms with Gasteiger partial charge in [0.05, 0.1) is 22.5 Å². The first kappa shape index (κ1) is 28.6. The van der Waals surface area contributed by atoms with Crippen LogP contribution < -0.4 is 9.64 Å². The Bertz CT molecular complexity index is 1350. The molecule has 0 radical (unpaired) electrons.